The summed E-state index contributed by atoms with van der Waals surface area (Å²) in [5, 5.41) is 11.2. The monoisotopic (exact) mass is 344 g/mol. The molecule has 1 aliphatic rings. The van der Waals surface area contributed by atoms with Gasteiger partial charge in [-0.15, -0.1) is 10.2 Å². The van der Waals surface area contributed by atoms with Crippen LogP contribution >= 0.6 is 11.3 Å². The van der Waals surface area contributed by atoms with E-state index >= 15 is 0 Å². The number of anilines is 1. The molecule has 2 heterocycles. The van der Waals surface area contributed by atoms with Crippen LogP contribution in [0.2, 0.25) is 0 Å². The highest BCUT2D eigenvalue weighted by molar-refractivity contribution is 7.18. The Morgan fingerprint density at radius 1 is 1.21 bits per heavy atom. The van der Waals surface area contributed by atoms with E-state index in [1.165, 1.54) is 0 Å². The van der Waals surface area contributed by atoms with Crippen molar-refractivity contribution >= 4 is 33.9 Å². The summed E-state index contributed by atoms with van der Waals surface area (Å²) in [4.78, 5) is 40.8. The third-order valence-electron chi connectivity index (χ3n) is 3.75. The second-order valence-corrected chi connectivity index (χ2v) is 7.48. The van der Waals surface area contributed by atoms with Crippen LogP contribution in [0.15, 0.2) is 24.4 Å². The molecule has 0 unspecified atom stereocenters. The number of rotatable bonds is 3. The van der Waals surface area contributed by atoms with Crippen LogP contribution in [0.5, 0.6) is 0 Å². The van der Waals surface area contributed by atoms with E-state index in [-0.39, 0.29) is 35.0 Å². The number of amides is 1. The molecule has 8 heteroatoms. The lowest BCUT2D eigenvalue weighted by molar-refractivity contribution is -0.144. The van der Waals surface area contributed by atoms with Gasteiger partial charge in [-0.2, -0.15) is 0 Å². The maximum atomic E-state index is 12.3. The predicted molar refractivity (Wildman–Crippen MR) is 88.3 cm³/mol. The van der Waals surface area contributed by atoms with Gasteiger partial charge < -0.3 is 0 Å². The molecule has 1 saturated carbocycles. The summed E-state index contributed by atoms with van der Waals surface area (Å²) in [6, 6.07) is 5.39. The number of pyridine rings is 1. The average molecular weight is 344 g/mol. The summed E-state index contributed by atoms with van der Waals surface area (Å²) >= 11 is 1.14. The van der Waals surface area contributed by atoms with E-state index in [1.54, 1.807) is 18.3 Å². The molecule has 24 heavy (non-hydrogen) atoms. The Labute approximate surface area is 142 Å². The van der Waals surface area contributed by atoms with Gasteiger partial charge in [-0.05, 0) is 17.5 Å². The molecule has 3 rings (SSSR count). The number of hydrogen-bond acceptors (Lipinski definition) is 7. The highest BCUT2D eigenvalue weighted by atomic mass is 32.1. The summed E-state index contributed by atoms with van der Waals surface area (Å²) in [6.07, 6.45) is 2.06. The van der Waals surface area contributed by atoms with Gasteiger partial charge in [0.15, 0.2) is 22.5 Å². The molecule has 0 aromatic carbocycles. The molecule has 0 atom stereocenters. The SMILES string of the molecule is CC1(C)CC(=O)C(C(=O)Nc2nnc(-c3ccccn3)s2)C(=O)C1. The molecule has 0 aliphatic heterocycles. The molecular formula is C16H16N4O3S. The first-order chi connectivity index (χ1) is 11.4. The normalized spacial score (nSPS) is 17.8. The first-order valence-corrected chi connectivity index (χ1v) is 8.29. The topological polar surface area (TPSA) is 102 Å². The molecule has 7 nitrogen and oxygen atoms in total. The number of nitrogens with zero attached hydrogens (tertiary/aromatic N) is 3. The lowest BCUT2D eigenvalue weighted by Gasteiger charge is -2.31. The second-order valence-electron chi connectivity index (χ2n) is 6.50. The predicted octanol–water partition coefficient (Wildman–Crippen LogP) is 2.11. The highest BCUT2D eigenvalue weighted by Gasteiger charge is 2.43. The van der Waals surface area contributed by atoms with E-state index in [2.05, 4.69) is 20.5 Å². The van der Waals surface area contributed by atoms with Crippen molar-refractivity contribution in [3.8, 4) is 10.7 Å². The van der Waals surface area contributed by atoms with Gasteiger partial charge in [-0.1, -0.05) is 31.3 Å². The quantitative estimate of drug-likeness (QED) is 0.856. The maximum absolute atomic E-state index is 12.3. The van der Waals surface area contributed by atoms with Gasteiger partial charge in [0, 0.05) is 19.0 Å². The van der Waals surface area contributed by atoms with Crippen LogP contribution in [0.1, 0.15) is 26.7 Å². The van der Waals surface area contributed by atoms with Gasteiger partial charge in [0.05, 0.1) is 0 Å². The second kappa shape index (κ2) is 6.20. The molecule has 1 N–H and O–H groups in total. The molecule has 0 spiro atoms. The number of nitrogens with one attached hydrogen (secondary N) is 1. The maximum Gasteiger partial charge on any atom is 0.244 e. The molecule has 0 saturated heterocycles. The van der Waals surface area contributed by atoms with E-state index in [4.69, 9.17) is 0 Å². The van der Waals surface area contributed by atoms with Gasteiger partial charge in [0.2, 0.25) is 11.0 Å². The highest BCUT2D eigenvalue weighted by Crippen LogP contribution is 2.34. The smallest absolute Gasteiger partial charge is 0.244 e. The van der Waals surface area contributed by atoms with Gasteiger partial charge in [0.25, 0.3) is 0 Å². The van der Waals surface area contributed by atoms with E-state index in [9.17, 15) is 14.4 Å². The first kappa shape index (κ1) is 16.4. The van der Waals surface area contributed by atoms with Crippen molar-refractivity contribution in [3.05, 3.63) is 24.4 Å². The van der Waals surface area contributed by atoms with Gasteiger partial charge in [-0.25, -0.2) is 0 Å². The Morgan fingerprint density at radius 2 is 1.92 bits per heavy atom. The fourth-order valence-electron chi connectivity index (χ4n) is 2.73. The number of hydrogen-bond donors (Lipinski definition) is 1. The van der Waals surface area contributed by atoms with Crippen molar-refractivity contribution in [2.24, 2.45) is 11.3 Å². The van der Waals surface area contributed by atoms with E-state index < -0.39 is 11.8 Å². The van der Waals surface area contributed by atoms with Crippen LogP contribution in [-0.2, 0) is 14.4 Å². The fourth-order valence-corrected chi connectivity index (χ4v) is 3.45. The van der Waals surface area contributed by atoms with Crippen LogP contribution < -0.4 is 5.32 Å². The zero-order valence-electron chi connectivity index (χ0n) is 13.3. The Hall–Kier alpha value is -2.48. The lowest BCUT2D eigenvalue weighted by atomic mass is 9.71. The molecule has 0 bridgehead atoms. The van der Waals surface area contributed by atoms with Gasteiger partial charge >= 0.3 is 0 Å². The Morgan fingerprint density at radius 3 is 2.54 bits per heavy atom. The van der Waals surface area contributed by atoms with Crippen molar-refractivity contribution in [1.82, 2.24) is 15.2 Å². The molecule has 1 amide bonds. The summed E-state index contributed by atoms with van der Waals surface area (Å²) in [5.74, 6) is -2.57. The zero-order chi connectivity index (χ0) is 17.3. The van der Waals surface area contributed by atoms with E-state index in [0.717, 1.165) is 11.3 Å². The number of Topliss-reactive ketones (excluding diaryl/α,β-unsaturated/α-hetero) is 2. The van der Waals surface area contributed by atoms with Gasteiger partial charge in [0.1, 0.15) is 5.69 Å². The Balaban J connectivity index is 1.73. The molecule has 0 radical (unpaired) electrons. The van der Waals surface area contributed by atoms with Crippen LogP contribution in [0, 0.1) is 11.3 Å². The standard InChI is InChI=1S/C16H16N4O3S/c1-16(2)7-10(21)12(11(22)8-16)13(23)18-15-20-19-14(24-15)9-5-3-4-6-17-9/h3-6,12H,7-8H2,1-2H3,(H,18,20,23). The Bertz CT molecular complexity index is 781. The minimum absolute atomic E-state index is 0.214. The minimum atomic E-state index is -1.25. The number of aromatic nitrogens is 3. The van der Waals surface area contributed by atoms with Gasteiger partial charge in [-0.3, -0.25) is 24.7 Å². The van der Waals surface area contributed by atoms with Crippen molar-refractivity contribution in [2.75, 3.05) is 5.32 Å². The number of ketones is 2. The van der Waals surface area contributed by atoms with Crippen molar-refractivity contribution in [2.45, 2.75) is 26.7 Å². The summed E-state index contributed by atoms with van der Waals surface area (Å²) < 4.78 is 0. The zero-order valence-corrected chi connectivity index (χ0v) is 14.1. The molecular weight excluding hydrogens is 328 g/mol. The largest absolute Gasteiger partial charge is 0.299 e. The third-order valence-corrected chi connectivity index (χ3v) is 4.61. The molecule has 1 fully saturated rings. The van der Waals surface area contributed by atoms with Crippen molar-refractivity contribution in [1.29, 1.82) is 0 Å². The van der Waals surface area contributed by atoms with E-state index in [1.807, 2.05) is 19.9 Å². The molecule has 124 valence electrons. The molecule has 2 aromatic rings. The molecule has 2 aromatic heterocycles. The fraction of sp³-hybridized carbons (Fsp3) is 0.375. The van der Waals surface area contributed by atoms with Crippen molar-refractivity contribution < 1.29 is 14.4 Å². The number of carbonyl (C=O) groups is 3. The summed E-state index contributed by atoms with van der Waals surface area (Å²) in [6.45, 7) is 3.70. The van der Waals surface area contributed by atoms with Crippen molar-refractivity contribution in [3.63, 3.8) is 0 Å². The lowest BCUT2D eigenvalue weighted by Crippen LogP contribution is -2.44. The summed E-state index contributed by atoms with van der Waals surface area (Å²) in [7, 11) is 0. The van der Waals surface area contributed by atoms with E-state index in [0.29, 0.717) is 10.7 Å². The van der Waals surface area contributed by atoms with Crippen LogP contribution in [-0.4, -0.2) is 32.7 Å². The van der Waals surface area contributed by atoms with Crippen LogP contribution in [0.3, 0.4) is 0 Å². The third kappa shape index (κ3) is 3.38. The van der Waals surface area contributed by atoms with Crippen LogP contribution in [0.4, 0.5) is 5.13 Å². The average Bonchev–Trinajstić information content (AvgIpc) is 2.94. The Kier molecular flexibility index (Phi) is 4.23. The first-order valence-electron chi connectivity index (χ1n) is 7.47. The number of carbonyl (C=O) groups excluding carboxylic acids is 3. The summed E-state index contributed by atoms with van der Waals surface area (Å²) in [5.41, 5.74) is 0.252. The van der Waals surface area contributed by atoms with Crippen LogP contribution in [0.25, 0.3) is 10.7 Å². The minimum Gasteiger partial charge on any atom is -0.299 e. The molecule has 1 aliphatic carbocycles.